The number of allylic oxidation sites excluding steroid dienone is 2. The van der Waals surface area contributed by atoms with Gasteiger partial charge < -0.3 is 14.4 Å². The monoisotopic (exact) mass is 228 g/mol. The molecular weight excluding hydrogens is 215 g/mol. The first-order valence-electron chi connectivity index (χ1n) is 5.78. The molecule has 1 aromatic heterocycles. The second kappa shape index (κ2) is 3.84. The van der Waals surface area contributed by atoms with Crippen molar-refractivity contribution in [3.05, 3.63) is 41.5 Å². The van der Waals surface area contributed by atoms with Crippen LogP contribution in [0.4, 0.5) is 0 Å². The van der Waals surface area contributed by atoms with Gasteiger partial charge in [0.1, 0.15) is 0 Å². The Morgan fingerprint density at radius 1 is 1.53 bits per heavy atom. The van der Waals surface area contributed by atoms with E-state index >= 15 is 0 Å². The molecular formula is C12H13BN2O2. The molecule has 0 aromatic carbocycles. The first-order chi connectivity index (χ1) is 8.24. The quantitative estimate of drug-likeness (QED) is 0.795. The van der Waals surface area contributed by atoms with Crippen molar-refractivity contribution >= 4 is 19.6 Å². The van der Waals surface area contributed by atoms with Crippen molar-refractivity contribution in [3.8, 4) is 0 Å². The number of aromatic nitrogens is 1. The molecule has 1 aromatic rings. The largest absolute Gasteiger partial charge is 0.481 e. The Morgan fingerprint density at radius 3 is 3.24 bits per heavy atom. The Kier molecular flexibility index (Phi) is 2.32. The maximum Gasteiger partial charge on any atom is 0.365 e. The van der Waals surface area contributed by atoms with E-state index in [1.807, 2.05) is 6.07 Å². The molecule has 86 valence electrons. The SMILES string of the molecule is O=C(O)CCC1=CCC2=Cc3cccn3BN21. The first kappa shape index (κ1) is 10.3. The van der Waals surface area contributed by atoms with Gasteiger partial charge in [-0.25, -0.2) is 0 Å². The smallest absolute Gasteiger partial charge is 0.365 e. The third kappa shape index (κ3) is 1.77. The molecule has 0 bridgehead atoms. The van der Waals surface area contributed by atoms with Crippen molar-refractivity contribution in [1.82, 2.24) is 9.29 Å². The Hall–Kier alpha value is -1.91. The molecule has 0 unspecified atom stereocenters. The third-order valence-electron chi connectivity index (χ3n) is 3.31. The highest BCUT2D eigenvalue weighted by Gasteiger charge is 2.25. The molecule has 0 radical (unpaired) electrons. The molecule has 5 heteroatoms. The summed E-state index contributed by atoms with van der Waals surface area (Å²) in [5.74, 6) is -0.734. The molecule has 17 heavy (non-hydrogen) atoms. The van der Waals surface area contributed by atoms with Gasteiger partial charge in [-0.1, -0.05) is 6.08 Å². The van der Waals surface area contributed by atoms with Crippen LogP contribution in [0, 0.1) is 0 Å². The van der Waals surface area contributed by atoms with Crippen LogP contribution in [0.5, 0.6) is 0 Å². The summed E-state index contributed by atoms with van der Waals surface area (Å²) < 4.78 is 2.17. The lowest BCUT2D eigenvalue weighted by Gasteiger charge is -2.28. The fourth-order valence-corrected chi connectivity index (χ4v) is 2.43. The molecule has 1 N–H and O–H groups in total. The fraction of sp³-hybridized carbons (Fsp3) is 0.250. The molecule has 3 rings (SSSR count). The number of carbonyl (C=O) groups is 1. The average molecular weight is 228 g/mol. The lowest BCUT2D eigenvalue weighted by Crippen LogP contribution is -2.32. The number of aliphatic carboxylic acids is 1. The van der Waals surface area contributed by atoms with E-state index in [4.69, 9.17) is 5.11 Å². The van der Waals surface area contributed by atoms with Crippen LogP contribution in [0.1, 0.15) is 25.0 Å². The maximum atomic E-state index is 10.6. The zero-order chi connectivity index (χ0) is 11.8. The number of hydrogen-bond donors (Lipinski definition) is 1. The Balaban J connectivity index is 1.79. The van der Waals surface area contributed by atoms with E-state index in [9.17, 15) is 4.79 Å². The van der Waals surface area contributed by atoms with Crippen LogP contribution in [0.25, 0.3) is 6.08 Å². The van der Waals surface area contributed by atoms with E-state index < -0.39 is 5.97 Å². The van der Waals surface area contributed by atoms with Gasteiger partial charge in [-0.3, -0.25) is 4.79 Å². The minimum absolute atomic E-state index is 0.203. The van der Waals surface area contributed by atoms with E-state index in [1.54, 1.807) is 0 Å². The van der Waals surface area contributed by atoms with Gasteiger partial charge >= 0.3 is 13.5 Å². The van der Waals surface area contributed by atoms with Crippen LogP contribution in [0.15, 0.2) is 35.8 Å². The zero-order valence-corrected chi connectivity index (χ0v) is 9.47. The predicted molar refractivity (Wildman–Crippen MR) is 66.4 cm³/mol. The summed E-state index contributed by atoms with van der Waals surface area (Å²) in [6.07, 6.45) is 8.10. The summed E-state index contributed by atoms with van der Waals surface area (Å²) in [4.78, 5) is 12.8. The first-order valence-corrected chi connectivity index (χ1v) is 5.78. The van der Waals surface area contributed by atoms with Gasteiger partial charge in [-0.2, -0.15) is 0 Å². The highest BCUT2D eigenvalue weighted by molar-refractivity contribution is 6.33. The molecule has 2 aliphatic heterocycles. The minimum atomic E-state index is -0.734. The topological polar surface area (TPSA) is 45.5 Å². The van der Waals surface area contributed by atoms with Gasteiger partial charge in [0.25, 0.3) is 0 Å². The highest BCUT2D eigenvalue weighted by Crippen LogP contribution is 2.31. The molecule has 0 spiro atoms. The highest BCUT2D eigenvalue weighted by atomic mass is 16.4. The van der Waals surface area contributed by atoms with Gasteiger partial charge in [-0.05, 0) is 30.8 Å². The average Bonchev–Trinajstić information content (AvgIpc) is 2.88. The van der Waals surface area contributed by atoms with Gasteiger partial charge in [0.2, 0.25) is 0 Å². The van der Waals surface area contributed by atoms with E-state index in [1.165, 1.54) is 11.4 Å². The summed E-state index contributed by atoms with van der Waals surface area (Å²) in [6, 6.07) is 4.13. The second-order valence-electron chi connectivity index (χ2n) is 4.40. The number of fused-ring (bicyclic) bond motifs is 2. The van der Waals surface area contributed by atoms with Crippen molar-refractivity contribution in [1.29, 1.82) is 0 Å². The van der Waals surface area contributed by atoms with Crippen LogP contribution < -0.4 is 0 Å². The van der Waals surface area contributed by atoms with E-state index in [0.717, 1.165) is 19.7 Å². The molecule has 4 nitrogen and oxygen atoms in total. The van der Waals surface area contributed by atoms with Crippen molar-refractivity contribution < 1.29 is 9.90 Å². The summed E-state index contributed by atoms with van der Waals surface area (Å²) in [5.41, 5.74) is 3.64. The van der Waals surface area contributed by atoms with E-state index in [0.29, 0.717) is 6.42 Å². The summed E-state index contributed by atoms with van der Waals surface area (Å²) >= 11 is 0. The van der Waals surface area contributed by atoms with Crippen molar-refractivity contribution in [3.63, 3.8) is 0 Å². The maximum absolute atomic E-state index is 10.6. The second-order valence-corrected chi connectivity index (χ2v) is 4.40. The number of hydrogen-bond acceptors (Lipinski definition) is 2. The van der Waals surface area contributed by atoms with Crippen LogP contribution in [0.2, 0.25) is 0 Å². The standard InChI is InChI=1S/C12H13BN2O2/c16-12(17)6-5-9-3-4-11-8-10-2-1-7-14(10)13-15(9)11/h1-3,7-8,13H,4-6H2,(H,16,17). The van der Waals surface area contributed by atoms with Crippen LogP contribution in [0.3, 0.4) is 0 Å². The summed E-state index contributed by atoms with van der Waals surface area (Å²) in [6.45, 7) is 0. The fourth-order valence-electron chi connectivity index (χ4n) is 2.43. The van der Waals surface area contributed by atoms with Crippen LogP contribution in [-0.4, -0.2) is 27.9 Å². The molecule has 0 amide bonds. The Bertz CT molecular complexity index is 530. The lowest BCUT2D eigenvalue weighted by molar-refractivity contribution is -0.137. The molecule has 2 aliphatic rings. The molecule has 0 saturated heterocycles. The summed E-state index contributed by atoms with van der Waals surface area (Å²) in [7, 11) is 0.805. The number of rotatable bonds is 3. The molecule has 3 heterocycles. The van der Waals surface area contributed by atoms with Gasteiger partial charge in [0, 0.05) is 23.5 Å². The number of carboxylic acids is 1. The molecule has 0 saturated carbocycles. The Labute approximate surface area is 100 Å². The lowest BCUT2D eigenvalue weighted by atomic mass is 10.00. The molecule has 0 fully saturated rings. The summed E-state index contributed by atoms with van der Waals surface area (Å²) in [5, 5.41) is 8.73. The van der Waals surface area contributed by atoms with Crippen LogP contribution in [-0.2, 0) is 4.79 Å². The zero-order valence-electron chi connectivity index (χ0n) is 9.47. The minimum Gasteiger partial charge on any atom is -0.481 e. The molecule has 0 aliphatic carbocycles. The number of carboxylic acid groups (broad SMARTS) is 1. The van der Waals surface area contributed by atoms with Gasteiger partial charge in [0.15, 0.2) is 0 Å². The van der Waals surface area contributed by atoms with E-state index in [-0.39, 0.29) is 6.42 Å². The number of nitrogens with zero attached hydrogens (tertiary/aromatic N) is 2. The van der Waals surface area contributed by atoms with Crippen molar-refractivity contribution in [2.75, 3.05) is 0 Å². The predicted octanol–water partition coefficient (Wildman–Crippen LogP) is 1.41. The van der Waals surface area contributed by atoms with Crippen molar-refractivity contribution in [2.24, 2.45) is 0 Å². The van der Waals surface area contributed by atoms with Crippen molar-refractivity contribution in [2.45, 2.75) is 19.3 Å². The van der Waals surface area contributed by atoms with E-state index in [2.05, 4.69) is 33.7 Å². The van der Waals surface area contributed by atoms with Crippen LogP contribution >= 0.6 is 0 Å². The van der Waals surface area contributed by atoms with Gasteiger partial charge in [0.05, 0.1) is 6.42 Å². The van der Waals surface area contributed by atoms with Gasteiger partial charge in [-0.15, -0.1) is 0 Å². The normalized spacial score (nSPS) is 16.8. The Morgan fingerprint density at radius 2 is 2.41 bits per heavy atom. The third-order valence-corrected chi connectivity index (χ3v) is 3.31. The molecule has 0 atom stereocenters.